The maximum Gasteiger partial charge on any atom is 0.295 e. The molecule has 0 bridgehead atoms. The molecule has 0 spiro atoms. The minimum atomic E-state index is -4.28. The molecule has 0 atom stereocenters. The molecule has 0 saturated carbocycles. The number of hydrogen-bond acceptors (Lipinski definition) is 3. The zero-order valence-electron chi connectivity index (χ0n) is 8.51. The molecule has 0 aliphatic rings. The van der Waals surface area contributed by atoms with Crippen molar-refractivity contribution in [2.75, 3.05) is 0 Å². The second-order valence-electron chi connectivity index (χ2n) is 3.54. The summed E-state index contributed by atoms with van der Waals surface area (Å²) in [7, 11) is -4.28. The second-order valence-corrected chi connectivity index (χ2v) is 4.93. The molecule has 0 aliphatic carbocycles. The van der Waals surface area contributed by atoms with Gasteiger partial charge in [-0.05, 0) is 30.0 Å². The summed E-state index contributed by atoms with van der Waals surface area (Å²) in [6.45, 7) is 1.60. The van der Waals surface area contributed by atoms with Gasteiger partial charge in [0, 0.05) is 5.39 Å². The Bertz CT molecular complexity index is 659. The minimum Gasteiger partial charge on any atom is -0.508 e. The van der Waals surface area contributed by atoms with Crippen LogP contribution >= 0.6 is 0 Å². The molecule has 2 aromatic carbocycles. The zero-order chi connectivity index (χ0) is 11.9. The molecule has 4 nitrogen and oxygen atoms in total. The molecular weight excluding hydrogens is 228 g/mol. The van der Waals surface area contributed by atoms with E-state index >= 15 is 0 Å². The highest BCUT2D eigenvalue weighted by Crippen LogP contribution is 2.31. The Hall–Kier alpha value is -1.59. The smallest absolute Gasteiger partial charge is 0.295 e. The number of phenolic OH excluding ortho intramolecular Hbond substituents is 1. The average molecular weight is 238 g/mol. The molecule has 2 aromatic rings. The Morgan fingerprint density at radius 1 is 1.12 bits per heavy atom. The van der Waals surface area contributed by atoms with E-state index in [1.165, 1.54) is 12.1 Å². The van der Waals surface area contributed by atoms with Gasteiger partial charge < -0.3 is 5.11 Å². The monoisotopic (exact) mass is 238 g/mol. The van der Waals surface area contributed by atoms with E-state index in [4.69, 9.17) is 4.55 Å². The van der Waals surface area contributed by atoms with Crippen LogP contribution in [0.3, 0.4) is 0 Å². The SMILES string of the molecule is Cc1c(O)ccc2cccc(S(=O)(=O)O)c12. The maximum absolute atomic E-state index is 11.2. The summed E-state index contributed by atoms with van der Waals surface area (Å²) in [6.07, 6.45) is 0. The van der Waals surface area contributed by atoms with Crippen molar-refractivity contribution in [2.24, 2.45) is 0 Å². The number of fused-ring (bicyclic) bond motifs is 1. The lowest BCUT2D eigenvalue weighted by molar-refractivity contribution is 0.472. The van der Waals surface area contributed by atoms with Crippen LogP contribution in [-0.2, 0) is 10.1 Å². The van der Waals surface area contributed by atoms with Crippen LogP contribution in [0.4, 0.5) is 0 Å². The zero-order valence-corrected chi connectivity index (χ0v) is 9.32. The van der Waals surface area contributed by atoms with Crippen LogP contribution in [0.2, 0.25) is 0 Å². The first-order chi connectivity index (χ1) is 7.41. The molecule has 0 saturated heterocycles. The fourth-order valence-electron chi connectivity index (χ4n) is 1.73. The molecule has 0 aliphatic heterocycles. The fraction of sp³-hybridized carbons (Fsp3) is 0.0909. The average Bonchev–Trinajstić information content (AvgIpc) is 2.21. The molecule has 0 fully saturated rings. The Morgan fingerprint density at radius 3 is 2.44 bits per heavy atom. The van der Waals surface area contributed by atoms with E-state index in [2.05, 4.69) is 0 Å². The van der Waals surface area contributed by atoms with Gasteiger partial charge in [0.2, 0.25) is 0 Å². The van der Waals surface area contributed by atoms with E-state index in [-0.39, 0.29) is 10.6 Å². The summed E-state index contributed by atoms with van der Waals surface area (Å²) in [5.74, 6) is 0.00333. The third-order valence-electron chi connectivity index (χ3n) is 2.52. The molecular formula is C11H10O4S. The van der Waals surface area contributed by atoms with Crippen molar-refractivity contribution in [2.45, 2.75) is 11.8 Å². The van der Waals surface area contributed by atoms with Crippen molar-refractivity contribution in [3.8, 4) is 5.75 Å². The van der Waals surface area contributed by atoms with E-state index in [9.17, 15) is 13.5 Å². The summed E-state index contributed by atoms with van der Waals surface area (Å²) < 4.78 is 31.5. The fourth-order valence-corrected chi connectivity index (χ4v) is 2.50. The predicted molar refractivity (Wildman–Crippen MR) is 60.2 cm³/mol. The van der Waals surface area contributed by atoms with Crippen molar-refractivity contribution in [3.05, 3.63) is 35.9 Å². The highest BCUT2D eigenvalue weighted by atomic mass is 32.2. The van der Waals surface area contributed by atoms with Crippen LogP contribution < -0.4 is 0 Å². The van der Waals surface area contributed by atoms with Gasteiger partial charge in [0.1, 0.15) is 10.6 Å². The van der Waals surface area contributed by atoms with Gasteiger partial charge in [0.05, 0.1) is 0 Å². The number of phenols is 1. The quantitative estimate of drug-likeness (QED) is 0.746. The van der Waals surface area contributed by atoms with Crippen LogP contribution in [0, 0.1) is 6.92 Å². The van der Waals surface area contributed by atoms with Crippen molar-refractivity contribution in [3.63, 3.8) is 0 Å². The molecule has 16 heavy (non-hydrogen) atoms. The van der Waals surface area contributed by atoms with Gasteiger partial charge >= 0.3 is 0 Å². The molecule has 0 radical (unpaired) electrons. The molecule has 0 amide bonds. The molecule has 0 unspecified atom stereocenters. The normalized spacial score (nSPS) is 11.9. The Kier molecular flexibility index (Phi) is 2.36. The molecule has 2 rings (SSSR count). The van der Waals surface area contributed by atoms with E-state index in [1.807, 2.05) is 0 Å². The van der Waals surface area contributed by atoms with E-state index in [0.717, 1.165) is 0 Å². The molecule has 84 valence electrons. The number of benzene rings is 2. The topological polar surface area (TPSA) is 74.6 Å². The van der Waals surface area contributed by atoms with Gasteiger partial charge in [0.15, 0.2) is 0 Å². The number of rotatable bonds is 1. The largest absolute Gasteiger partial charge is 0.508 e. The summed E-state index contributed by atoms with van der Waals surface area (Å²) in [4.78, 5) is -0.182. The predicted octanol–water partition coefficient (Wildman–Crippen LogP) is 2.10. The first-order valence-electron chi connectivity index (χ1n) is 4.60. The van der Waals surface area contributed by atoms with Crippen molar-refractivity contribution >= 4 is 20.9 Å². The van der Waals surface area contributed by atoms with Crippen molar-refractivity contribution in [1.29, 1.82) is 0 Å². The Labute approximate surface area is 92.9 Å². The maximum atomic E-state index is 11.2. The first kappa shape index (κ1) is 10.9. The van der Waals surface area contributed by atoms with Crippen LogP contribution in [0.1, 0.15) is 5.56 Å². The van der Waals surface area contributed by atoms with Gasteiger partial charge in [-0.2, -0.15) is 8.42 Å². The third kappa shape index (κ3) is 1.64. The molecule has 0 heterocycles. The standard InChI is InChI=1S/C11H10O4S/c1-7-9(12)6-5-8-3-2-4-10(11(7)8)16(13,14)15/h2-6,12H,1H3,(H,13,14,15). The molecule has 0 aromatic heterocycles. The van der Waals surface area contributed by atoms with Gasteiger partial charge in [-0.3, -0.25) is 4.55 Å². The lowest BCUT2D eigenvalue weighted by Gasteiger charge is -2.08. The van der Waals surface area contributed by atoms with Crippen LogP contribution in [0.5, 0.6) is 5.75 Å². The van der Waals surface area contributed by atoms with Gasteiger partial charge in [-0.1, -0.05) is 18.2 Å². The highest BCUT2D eigenvalue weighted by molar-refractivity contribution is 7.86. The minimum absolute atomic E-state index is 0.00333. The summed E-state index contributed by atoms with van der Waals surface area (Å²) in [6, 6.07) is 7.67. The van der Waals surface area contributed by atoms with E-state index in [0.29, 0.717) is 16.3 Å². The van der Waals surface area contributed by atoms with Crippen LogP contribution in [0.15, 0.2) is 35.2 Å². The Balaban J connectivity index is 3.02. The van der Waals surface area contributed by atoms with Crippen molar-refractivity contribution in [1.82, 2.24) is 0 Å². The summed E-state index contributed by atoms with van der Waals surface area (Å²) in [5.41, 5.74) is 0.436. The van der Waals surface area contributed by atoms with Gasteiger partial charge in [-0.15, -0.1) is 0 Å². The van der Waals surface area contributed by atoms with Crippen LogP contribution in [-0.4, -0.2) is 18.1 Å². The second kappa shape index (κ2) is 3.47. The lowest BCUT2D eigenvalue weighted by Crippen LogP contribution is -1.99. The summed E-state index contributed by atoms with van der Waals surface area (Å²) >= 11 is 0. The summed E-state index contributed by atoms with van der Waals surface area (Å²) in [5, 5.41) is 10.5. The van der Waals surface area contributed by atoms with E-state index < -0.39 is 10.1 Å². The van der Waals surface area contributed by atoms with Gasteiger partial charge in [-0.25, -0.2) is 0 Å². The number of aryl methyl sites for hydroxylation is 1. The lowest BCUT2D eigenvalue weighted by atomic mass is 10.0. The van der Waals surface area contributed by atoms with Crippen LogP contribution in [0.25, 0.3) is 10.8 Å². The molecule has 5 heteroatoms. The first-order valence-corrected chi connectivity index (χ1v) is 6.04. The number of aromatic hydroxyl groups is 1. The number of hydrogen-bond donors (Lipinski definition) is 2. The third-order valence-corrected chi connectivity index (χ3v) is 3.41. The highest BCUT2D eigenvalue weighted by Gasteiger charge is 2.16. The van der Waals surface area contributed by atoms with Gasteiger partial charge in [0.25, 0.3) is 10.1 Å². The van der Waals surface area contributed by atoms with E-state index in [1.54, 1.807) is 25.1 Å². The van der Waals surface area contributed by atoms with Crippen molar-refractivity contribution < 1.29 is 18.1 Å². The molecule has 2 N–H and O–H groups in total. The Morgan fingerprint density at radius 2 is 1.81 bits per heavy atom.